The Morgan fingerprint density at radius 1 is 1.21 bits per heavy atom. The molecule has 78 valence electrons. The van der Waals surface area contributed by atoms with Crippen LogP contribution in [0.2, 0.25) is 0 Å². The normalized spacial score (nSPS) is 12.9. The Morgan fingerprint density at radius 2 is 1.79 bits per heavy atom. The molecule has 0 saturated heterocycles. The Hall–Kier alpha value is -1.06. The molecule has 14 heavy (non-hydrogen) atoms. The van der Waals surface area contributed by atoms with Crippen molar-refractivity contribution in [3.05, 3.63) is 29.8 Å². The van der Waals surface area contributed by atoms with E-state index in [1.165, 1.54) is 0 Å². The molecule has 1 unspecified atom stereocenters. The quantitative estimate of drug-likeness (QED) is 0.762. The molecule has 0 saturated carbocycles. The second kappa shape index (κ2) is 4.98. The van der Waals surface area contributed by atoms with Crippen LogP contribution in [0, 0.1) is 0 Å². The summed E-state index contributed by atoms with van der Waals surface area (Å²) >= 11 is 0. The molecule has 1 rings (SSSR count). The van der Waals surface area contributed by atoms with Gasteiger partial charge in [0.2, 0.25) is 0 Å². The summed E-state index contributed by atoms with van der Waals surface area (Å²) in [6.45, 7) is 4.46. The number of benzene rings is 1. The highest BCUT2D eigenvalue weighted by Crippen LogP contribution is 2.16. The molecule has 0 spiro atoms. The molecule has 1 atom stereocenters. The third-order valence-corrected chi connectivity index (χ3v) is 1.93. The molecule has 4 N–H and O–H groups in total. The molecule has 1 aromatic carbocycles. The summed E-state index contributed by atoms with van der Waals surface area (Å²) in [5.74, 6) is 0.868. The number of hydrogen-bond donors (Lipinski definition) is 2. The first-order valence-corrected chi connectivity index (χ1v) is 4.85. The molecule has 1 aromatic rings. The summed E-state index contributed by atoms with van der Waals surface area (Å²) in [5, 5.41) is 0. The zero-order valence-electron chi connectivity index (χ0n) is 8.73. The molecule has 0 amide bonds. The van der Waals surface area contributed by atoms with Crippen molar-refractivity contribution in [3.8, 4) is 5.75 Å². The van der Waals surface area contributed by atoms with E-state index in [1.54, 1.807) is 0 Å². The van der Waals surface area contributed by atoms with Crippen molar-refractivity contribution >= 4 is 0 Å². The van der Waals surface area contributed by atoms with Gasteiger partial charge in [0.15, 0.2) is 0 Å². The highest BCUT2D eigenvalue weighted by atomic mass is 16.5. The summed E-state index contributed by atoms with van der Waals surface area (Å²) in [6, 6.07) is 7.67. The van der Waals surface area contributed by atoms with Crippen molar-refractivity contribution in [2.45, 2.75) is 26.0 Å². The second-order valence-corrected chi connectivity index (χ2v) is 3.58. The molecule has 3 nitrogen and oxygen atoms in total. The lowest BCUT2D eigenvalue weighted by molar-refractivity contribution is 0.242. The third kappa shape index (κ3) is 3.01. The van der Waals surface area contributed by atoms with Gasteiger partial charge in [-0.15, -0.1) is 0 Å². The Bertz CT molecular complexity index is 269. The average molecular weight is 194 g/mol. The molecule has 0 aliphatic rings. The van der Waals surface area contributed by atoms with Crippen LogP contribution in [0.3, 0.4) is 0 Å². The SMILES string of the molecule is CC(C)Oc1ccc(C(N)CN)cc1. The van der Waals surface area contributed by atoms with Gasteiger partial charge in [0.25, 0.3) is 0 Å². The highest BCUT2D eigenvalue weighted by Gasteiger charge is 2.03. The van der Waals surface area contributed by atoms with Gasteiger partial charge < -0.3 is 16.2 Å². The summed E-state index contributed by atoms with van der Waals surface area (Å²) in [5.41, 5.74) is 12.3. The number of ether oxygens (including phenoxy) is 1. The first-order valence-electron chi connectivity index (χ1n) is 4.85. The Kier molecular flexibility index (Phi) is 3.92. The average Bonchev–Trinajstić information content (AvgIpc) is 2.17. The van der Waals surface area contributed by atoms with Crippen LogP contribution in [0.4, 0.5) is 0 Å². The molecular formula is C11H18N2O. The zero-order chi connectivity index (χ0) is 10.6. The third-order valence-electron chi connectivity index (χ3n) is 1.93. The van der Waals surface area contributed by atoms with E-state index in [-0.39, 0.29) is 12.1 Å². The van der Waals surface area contributed by atoms with Gasteiger partial charge >= 0.3 is 0 Å². The fourth-order valence-electron chi connectivity index (χ4n) is 1.20. The lowest BCUT2D eigenvalue weighted by atomic mass is 10.1. The minimum absolute atomic E-state index is 0.0805. The highest BCUT2D eigenvalue weighted by molar-refractivity contribution is 5.29. The van der Waals surface area contributed by atoms with E-state index in [2.05, 4.69) is 0 Å². The van der Waals surface area contributed by atoms with Crippen molar-refractivity contribution in [2.24, 2.45) is 11.5 Å². The van der Waals surface area contributed by atoms with Gasteiger partial charge in [0.1, 0.15) is 5.75 Å². The standard InChI is InChI=1S/C11H18N2O/c1-8(2)14-10-5-3-9(4-6-10)11(13)7-12/h3-6,8,11H,7,12-13H2,1-2H3. The monoisotopic (exact) mass is 194 g/mol. The summed E-state index contributed by atoms with van der Waals surface area (Å²) in [7, 11) is 0. The Labute approximate surface area is 85.0 Å². The van der Waals surface area contributed by atoms with Crippen molar-refractivity contribution < 1.29 is 4.74 Å². The molecule has 3 heteroatoms. The van der Waals surface area contributed by atoms with E-state index in [0.29, 0.717) is 6.54 Å². The van der Waals surface area contributed by atoms with Crippen LogP contribution in [0.15, 0.2) is 24.3 Å². The lowest BCUT2D eigenvalue weighted by Crippen LogP contribution is -2.20. The van der Waals surface area contributed by atoms with Gasteiger partial charge in [-0.1, -0.05) is 12.1 Å². The maximum absolute atomic E-state index is 5.78. The lowest BCUT2D eigenvalue weighted by Gasteiger charge is -2.12. The molecule has 0 aromatic heterocycles. The van der Waals surface area contributed by atoms with Crippen molar-refractivity contribution in [2.75, 3.05) is 6.54 Å². The van der Waals surface area contributed by atoms with Crippen LogP contribution in [0.1, 0.15) is 25.5 Å². The maximum atomic E-state index is 5.78. The van der Waals surface area contributed by atoms with Gasteiger partial charge in [-0.2, -0.15) is 0 Å². The summed E-state index contributed by atoms with van der Waals surface area (Å²) in [6.07, 6.45) is 0.198. The number of nitrogens with two attached hydrogens (primary N) is 2. The van der Waals surface area contributed by atoms with Crippen LogP contribution in [-0.4, -0.2) is 12.6 Å². The Morgan fingerprint density at radius 3 is 2.21 bits per heavy atom. The number of hydrogen-bond acceptors (Lipinski definition) is 3. The van der Waals surface area contributed by atoms with E-state index in [9.17, 15) is 0 Å². The predicted molar refractivity (Wildman–Crippen MR) is 58.2 cm³/mol. The van der Waals surface area contributed by atoms with E-state index in [0.717, 1.165) is 11.3 Å². The molecule has 0 aliphatic heterocycles. The molecule has 0 bridgehead atoms. The fraction of sp³-hybridized carbons (Fsp3) is 0.455. The van der Waals surface area contributed by atoms with E-state index in [1.807, 2.05) is 38.1 Å². The van der Waals surface area contributed by atoms with Crippen LogP contribution in [0.25, 0.3) is 0 Å². The second-order valence-electron chi connectivity index (χ2n) is 3.58. The van der Waals surface area contributed by atoms with Crippen molar-refractivity contribution in [1.29, 1.82) is 0 Å². The zero-order valence-corrected chi connectivity index (χ0v) is 8.73. The van der Waals surface area contributed by atoms with Crippen LogP contribution >= 0.6 is 0 Å². The molecular weight excluding hydrogens is 176 g/mol. The van der Waals surface area contributed by atoms with Gasteiger partial charge in [-0.3, -0.25) is 0 Å². The first kappa shape index (κ1) is 11.0. The fourth-order valence-corrected chi connectivity index (χ4v) is 1.20. The minimum atomic E-state index is -0.0805. The topological polar surface area (TPSA) is 61.3 Å². The van der Waals surface area contributed by atoms with E-state index < -0.39 is 0 Å². The molecule has 0 heterocycles. The van der Waals surface area contributed by atoms with Gasteiger partial charge in [-0.05, 0) is 31.5 Å². The predicted octanol–water partition coefficient (Wildman–Crippen LogP) is 1.43. The molecule has 0 aliphatic carbocycles. The minimum Gasteiger partial charge on any atom is -0.491 e. The Balaban J connectivity index is 2.68. The van der Waals surface area contributed by atoms with Crippen LogP contribution in [-0.2, 0) is 0 Å². The van der Waals surface area contributed by atoms with Crippen LogP contribution in [0.5, 0.6) is 5.75 Å². The largest absolute Gasteiger partial charge is 0.491 e. The summed E-state index contributed by atoms with van der Waals surface area (Å²) < 4.78 is 5.51. The van der Waals surface area contributed by atoms with E-state index >= 15 is 0 Å². The smallest absolute Gasteiger partial charge is 0.119 e. The number of rotatable bonds is 4. The maximum Gasteiger partial charge on any atom is 0.119 e. The molecule has 0 radical (unpaired) electrons. The van der Waals surface area contributed by atoms with Crippen molar-refractivity contribution in [1.82, 2.24) is 0 Å². The summed E-state index contributed by atoms with van der Waals surface area (Å²) in [4.78, 5) is 0. The van der Waals surface area contributed by atoms with Gasteiger partial charge in [0, 0.05) is 12.6 Å². The first-order chi connectivity index (χ1) is 6.63. The van der Waals surface area contributed by atoms with Crippen LogP contribution < -0.4 is 16.2 Å². The van der Waals surface area contributed by atoms with Crippen molar-refractivity contribution in [3.63, 3.8) is 0 Å². The molecule has 0 fully saturated rings. The van der Waals surface area contributed by atoms with E-state index in [4.69, 9.17) is 16.2 Å². The van der Waals surface area contributed by atoms with Gasteiger partial charge in [-0.25, -0.2) is 0 Å². The van der Waals surface area contributed by atoms with Gasteiger partial charge in [0.05, 0.1) is 6.10 Å².